The third kappa shape index (κ3) is 5.54. The molecule has 0 bridgehead atoms. The highest BCUT2D eigenvalue weighted by Crippen LogP contribution is 2.42. The van der Waals surface area contributed by atoms with E-state index in [-0.39, 0.29) is 17.4 Å². The number of carbonyl (C=O) groups is 1. The van der Waals surface area contributed by atoms with Crippen LogP contribution in [0.15, 0.2) is 36.4 Å². The second-order valence-corrected chi connectivity index (χ2v) is 9.63. The molecule has 0 aliphatic carbocycles. The van der Waals surface area contributed by atoms with Gasteiger partial charge in [0.15, 0.2) is 0 Å². The van der Waals surface area contributed by atoms with E-state index in [0.29, 0.717) is 21.4 Å². The Labute approximate surface area is 195 Å². The molecule has 2 aromatic carbocycles. The molecule has 0 aliphatic heterocycles. The van der Waals surface area contributed by atoms with Crippen molar-refractivity contribution in [1.82, 2.24) is 0 Å². The van der Waals surface area contributed by atoms with Gasteiger partial charge in [-0.1, -0.05) is 70.0 Å². The molecule has 0 aromatic heterocycles. The average Bonchev–Trinajstić information content (AvgIpc) is 2.73. The average molecular weight is 467 g/mol. The number of halogens is 2. The maximum atomic E-state index is 11.9. The normalized spacial score (nSPS) is 13.1. The molecule has 1 unspecified atom stereocenters. The van der Waals surface area contributed by atoms with Gasteiger partial charge >= 0.3 is 5.97 Å². The summed E-state index contributed by atoms with van der Waals surface area (Å²) in [5.41, 5.74) is 1.77. The number of carbonyl (C=O) groups excluding carboxylic acids is 1. The fraction of sp³-hybridized carbons (Fsp3) is 0.480. The zero-order valence-corrected chi connectivity index (χ0v) is 20.6. The lowest BCUT2D eigenvalue weighted by atomic mass is 9.70. The lowest BCUT2D eigenvalue weighted by Crippen LogP contribution is -2.32. The van der Waals surface area contributed by atoms with Gasteiger partial charge in [0.25, 0.3) is 0 Å². The van der Waals surface area contributed by atoms with Crippen LogP contribution >= 0.6 is 23.2 Å². The first kappa shape index (κ1) is 25.5. The Balaban J connectivity index is 2.40. The second-order valence-electron chi connectivity index (χ2n) is 8.81. The molecule has 0 spiro atoms. The van der Waals surface area contributed by atoms with E-state index in [1.807, 2.05) is 51.1 Å². The number of rotatable bonds is 8. The quantitative estimate of drug-likeness (QED) is 0.441. The molecule has 6 heteroatoms. The van der Waals surface area contributed by atoms with Gasteiger partial charge in [-0.25, -0.2) is 4.79 Å². The van der Waals surface area contributed by atoms with Crippen LogP contribution in [0.1, 0.15) is 68.9 Å². The molecule has 0 saturated heterocycles. The highest BCUT2D eigenvalue weighted by molar-refractivity contribution is 6.33. The fourth-order valence-electron chi connectivity index (χ4n) is 3.66. The molecule has 4 nitrogen and oxygen atoms in total. The number of aliphatic hydroxyl groups is 1. The first-order valence-corrected chi connectivity index (χ1v) is 11.2. The number of esters is 1. The Morgan fingerprint density at radius 3 is 2.00 bits per heavy atom. The van der Waals surface area contributed by atoms with E-state index in [9.17, 15) is 9.90 Å². The minimum Gasteiger partial charge on any atom is -0.489 e. The SMILES string of the molecule is CCC(CC)(c1ccc(OCC(O)C(C)(C)C)c(Cl)c1)c1ccc(C(=O)OC)c(Cl)c1. The van der Waals surface area contributed by atoms with Crippen LogP contribution < -0.4 is 4.74 Å². The van der Waals surface area contributed by atoms with Gasteiger partial charge in [0, 0.05) is 5.41 Å². The largest absolute Gasteiger partial charge is 0.489 e. The van der Waals surface area contributed by atoms with Crippen LogP contribution in [0.4, 0.5) is 0 Å². The van der Waals surface area contributed by atoms with Crippen molar-refractivity contribution in [3.8, 4) is 5.75 Å². The summed E-state index contributed by atoms with van der Waals surface area (Å²) in [5.74, 6) is 0.0750. The number of hydrogen-bond donors (Lipinski definition) is 1. The summed E-state index contributed by atoms with van der Waals surface area (Å²) < 4.78 is 10.6. The summed E-state index contributed by atoms with van der Waals surface area (Å²) in [6, 6.07) is 11.2. The minimum atomic E-state index is -0.607. The van der Waals surface area contributed by atoms with Crippen LogP contribution in [0, 0.1) is 5.41 Å². The lowest BCUT2D eigenvalue weighted by molar-refractivity contribution is 0.0218. The van der Waals surface area contributed by atoms with Gasteiger partial charge in [0.2, 0.25) is 0 Å². The van der Waals surface area contributed by atoms with Gasteiger partial charge in [-0.2, -0.15) is 0 Å². The number of ether oxygens (including phenoxy) is 2. The Morgan fingerprint density at radius 1 is 1.00 bits per heavy atom. The first-order chi connectivity index (χ1) is 14.5. The van der Waals surface area contributed by atoms with Gasteiger partial charge in [-0.3, -0.25) is 0 Å². The van der Waals surface area contributed by atoms with E-state index in [2.05, 4.69) is 13.8 Å². The van der Waals surface area contributed by atoms with Crippen molar-refractivity contribution >= 4 is 29.2 Å². The smallest absolute Gasteiger partial charge is 0.339 e. The fourth-order valence-corrected chi connectivity index (χ4v) is 4.15. The zero-order chi connectivity index (χ0) is 23.4. The molecule has 2 rings (SSSR count). The Morgan fingerprint density at radius 2 is 1.55 bits per heavy atom. The van der Waals surface area contributed by atoms with Gasteiger partial charge in [0.05, 0.1) is 28.8 Å². The lowest BCUT2D eigenvalue weighted by Gasteiger charge is -2.34. The Kier molecular flexibility index (Phi) is 8.43. The van der Waals surface area contributed by atoms with E-state index >= 15 is 0 Å². The van der Waals surface area contributed by atoms with E-state index in [1.54, 1.807) is 6.07 Å². The van der Waals surface area contributed by atoms with Crippen molar-refractivity contribution in [2.75, 3.05) is 13.7 Å². The summed E-state index contributed by atoms with van der Waals surface area (Å²) in [6.45, 7) is 10.3. The molecular weight excluding hydrogens is 435 g/mol. The van der Waals surface area contributed by atoms with Gasteiger partial charge in [-0.05, 0) is 53.6 Å². The molecule has 31 heavy (non-hydrogen) atoms. The van der Waals surface area contributed by atoms with E-state index in [0.717, 1.165) is 24.0 Å². The van der Waals surface area contributed by atoms with E-state index in [4.69, 9.17) is 32.7 Å². The number of aliphatic hydroxyl groups excluding tert-OH is 1. The van der Waals surface area contributed by atoms with E-state index in [1.165, 1.54) is 7.11 Å². The van der Waals surface area contributed by atoms with Crippen LogP contribution in [0.25, 0.3) is 0 Å². The third-order valence-electron chi connectivity index (χ3n) is 6.01. The molecule has 1 N–H and O–H groups in total. The number of hydrogen-bond acceptors (Lipinski definition) is 4. The Bertz CT molecular complexity index is 914. The van der Waals surface area contributed by atoms with Crippen LogP contribution in [0.3, 0.4) is 0 Å². The maximum absolute atomic E-state index is 11.9. The van der Waals surface area contributed by atoms with E-state index < -0.39 is 12.1 Å². The maximum Gasteiger partial charge on any atom is 0.339 e. The van der Waals surface area contributed by atoms with Gasteiger partial charge in [-0.15, -0.1) is 0 Å². The summed E-state index contributed by atoms with van der Waals surface area (Å²) in [5, 5.41) is 11.1. The van der Waals surface area contributed by atoms with Crippen LogP contribution in [0.5, 0.6) is 5.75 Å². The minimum absolute atomic E-state index is 0.167. The summed E-state index contributed by atoms with van der Waals surface area (Å²) in [4.78, 5) is 11.9. The first-order valence-electron chi connectivity index (χ1n) is 10.5. The van der Waals surface area contributed by atoms with Crippen LogP contribution in [-0.2, 0) is 10.2 Å². The predicted octanol–water partition coefficient (Wildman–Crippen LogP) is 6.67. The monoisotopic (exact) mass is 466 g/mol. The molecule has 0 radical (unpaired) electrons. The van der Waals surface area contributed by atoms with Gasteiger partial charge in [0.1, 0.15) is 12.4 Å². The molecule has 0 heterocycles. The molecule has 1 atom stereocenters. The van der Waals surface area contributed by atoms with Crippen molar-refractivity contribution in [3.05, 3.63) is 63.1 Å². The molecule has 0 amide bonds. The summed E-state index contributed by atoms with van der Waals surface area (Å²) in [6.07, 6.45) is 1.02. The molecular formula is C25H32Cl2O4. The molecule has 0 saturated carbocycles. The standard InChI is InChI=1S/C25H32Cl2O4/c1-7-25(8-2,16-9-11-18(19(26)13-16)23(29)30-6)17-10-12-21(20(27)14-17)31-15-22(28)24(3,4)5/h9-14,22,28H,7-8,15H2,1-6H3. The number of methoxy groups -OCH3 is 1. The van der Waals surface area contributed by atoms with Crippen molar-refractivity contribution < 1.29 is 19.4 Å². The number of benzene rings is 2. The van der Waals surface area contributed by atoms with Crippen molar-refractivity contribution in [3.63, 3.8) is 0 Å². The predicted molar refractivity (Wildman–Crippen MR) is 127 cm³/mol. The van der Waals surface area contributed by atoms with Crippen LogP contribution in [0.2, 0.25) is 10.0 Å². The van der Waals surface area contributed by atoms with Crippen LogP contribution in [-0.4, -0.2) is 30.9 Å². The third-order valence-corrected chi connectivity index (χ3v) is 6.62. The summed E-state index contributed by atoms with van der Waals surface area (Å²) >= 11 is 13.0. The highest BCUT2D eigenvalue weighted by Gasteiger charge is 2.32. The van der Waals surface area contributed by atoms with Crippen molar-refractivity contribution in [2.45, 2.75) is 59.0 Å². The molecule has 170 valence electrons. The Hall–Kier alpha value is -1.75. The highest BCUT2D eigenvalue weighted by atomic mass is 35.5. The second kappa shape index (κ2) is 10.2. The van der Waals surface area contributed by atoms with Gasteiger partial charge < -0.3 is 14.6 Å². The molecule has 0 fully saturated rings. The summed E-state index contributed by atoms with van der Waals surface area (Å²) in [7, 11) is 1.33. The molecule has 0 aliphatic rings. The van der Waals surface area contributed by atoms with Crippen molar-refractivity contribution in [2.24, 2.45) is 5.41 Å². The topological polar surface area (TPSA) is 55.8 Å². The van der Waals surface area contributed by atoms with Crippen molar-refractivity contribution in [1.29, 1.82) is 0 Å². The molecule has 2 aromatic rings. The zero-order valence-electron chi connectivity index (χ0n) is 19.1.